The molecule has 1 saturated heterocycles. The highest BCUT2D eigenvalue weighted by atomic mass is 16.6. The van der Waals surface area contributed by atoms with E-state index in [2.05, 4.69) is 17.0 Å². The third kappa shape index (κ3) is 5.24. The summed E-state index contributed by atoms with van der Waals surface area (Å²) < 4.78 is 11.1. The Bertz CT molecular complexity index is 940. The molecule has 1 aliphatic heterocycles. The van der Waals surface area contributed by atoms with E-state index >= 15 is 0 Å². The van der Waals surface area contributed by atoms with Gasteiger partial charge in [0.1, 0.15) is 5.75 Å². The highest BCUT2D eigenvalue weighted by molar-refractivity contribution is 6.01. The van der Waals surface area contributed by atoms with E-state index in [9.17, 15) is 14.9 Å². The third-order valence-electron chi connectivity index (χ3n) is 4.87. The Hall–Kier alpha value is -3.19. The zero-order valence-corrected chi connectivity index (χ0v) is 17.3. The number of ketones is 1. The first-order chi connectivity index (χ1) is 14.5. The molecule has 0 saturated carbocycles. The van der Waals surface area contributed by atoms with Crippen molar-refractivity contribution in [2.75, 3.05) is 26.3 Å². The minimum Gasteiger partial charge on any atom is -0.493 e. The molecule has 30 heavy (non-hydrogen) atoms. The Labute approximate surface area is 176 Å². The number of hydrogen-bond donors (Lipinski definition) is 0. The van der Waals surface area contributed by atoms with E-state index in [1.165, 1.54) is 17.7 Å². The Balaban J connectivity index is 1.93. The maximum absolute atomic E-state index is 12.6. The summed E-state index contributed by atoms with van der Waals surface area (Å²) in [6, 6.07) is 13.0. The maximum Gasteiger partial charge on any atom is 0.311 e. The van der Waals surface area contributed by atoms with Crippen LogP contribution in [-0.2, 0) is 11.3 Å². The second-order valence-electron chi connectivity index (χ2n) is 7.02. The van der Waals surface area contributed by atoms with Gasteiger partial charge in [0.05, 0.1) is 18.1 Å². The largest absolute Gasteiger partial charge is 0.493 e. The molecule has 1 heterocycles. The zero-order valence-electron chi connectivity index (χ0n) is 17.3. The van der Waals surface area contributed by atoms with Crippen molar-refractivity contribution in [2.24, 2.45) is 0 Å². The number of ether oxygens (including phenoxy) is 2. The summed E-state index contributed by atoms with van der Waals surface area (Å²) in [7, 11) is 0. The van der Waals surface area contributed by atoms with E-state index in [4.69, 9.17) is 9.47 Å². The molecule has 2 aromatic carbocycles. The number of carbonyl (C=O) groups excluding carboxylic acids is 1. The topological polar surface area (TPSA) is 81.9 Å². The van der Waals surface area contributed by atoms with Gasteiger partial charge in [-0.3, -0.25) is 19.8 Å². The van der Waals surface area contributed by atoms with E-state index in [1.807, 2.05) is 25.1 Å². The number of likely N-dealkylation sites (tertiary alicyclic amines) is 1. The normalized spacial score (nSPS) is 15.9. The smallest absolute Gasteiger partial charge is 0.311 e. The average molecular weight is 410 g/mol. The van der Waals surface area contributed by atoms with Gasteiger partial charge in [-0.15, -0.1) is 0 Å². The first-order valence-electron chi connectivity index (χ1n) is 10.1. The fourth-order valence-electron chi connectivity index (χ4n) is 3.49. The molecule has 0 amide bonds. The highest BCUT2D eigenvalue weighted by Crippen LogP contribution is 2.36. The van der Waals surface area contributed by atoms with Crippen LogP contribution in [0.25, 0.3) is 6.08 Å². The number of hydrogen-bond acceptors (Lipinski definition) is 6. The van der Waals surface area contributed by atoms with E-state index in [0.29, 0.717) is 49.6 Å². The molecular formula is C23H26N2O5. The second-order valence-corrected chi connectivity index (χ2v) is 7.02. The van der Waals surface area contributed by atoms with Gasteiger partial charge >= 0.3 is 5.69 Å². The van der Waals surface area contributed by atoms with Crippen LogP contribution in [0.2, 0.25) is 0 Å². The van der Waals surface area contributed by atoms with Crippen molar-refractivity contribution < 1.29 is 19.2 Å². The van der Waals surface area contributed by atoms with Crippen LogP contribution in [-0.4, -0.2) is 41.9 Å². The molecule has 0 aromatic heterocycles. The summed E-state index contributed by atoms with van der Waals surface area (Å²) in [6.45, 7) is 6.22. The van der Waals surface area contributed by atoms with Crippen LogP contribution >= 0.6 is 0 Å². The molecule has 0 spiro atoms. The summed E-state index contributed by atoms with van der Waals surface area (Å²) in [5.41, 5.74) is 2.17. The summed E-state index contributed by atoms with van der Waals surface area (Å²) in [6.07, 6.45) is 2.13. The zero-order chi connectivity index (χ0) is 21.5. The van der Waals surface area contributed by atoms with Gasteiger partial charge in [0, 0.05) is 49.3 Å². The number of nitrogens with zero attached hydrogens (tertiary/aromatic N) is 2. The van der Waals surface area contributed by atoms with E-state index in [1.54, 1.807) is 13.0 Å². The molecule has 0 bridgehead atoms. The summed E-state index contributed by atoms with van der Waals surface area (Å²) >= 11 is 0. The highest BCUT2D eigenvalue weighted by Gasteiger charge is 2.24. The first kappa shape index (κ1) is 21.5. The van der Waals surface area contributed by atoms with Crippen LogP contribution in [0.5, 0.6) is 11.5 Å². The standard InChI is InChI=1S/C23H26N2O5/c1-3-29-22-14-23(30-4-2)20(25(27)28)13-18(22)12-19-16-24(11-10-21(19)26)15-17-8-6-5-7-9-17/h5-9,12-14H,3-4,10-11,15-16H2,1-2H3/b19-12+. The van der Waals surface area contributed by atoms with Crippen molar-refractivity contribution in [2.45, 2.75) is 26.8 Å². The first-order valence-corrected chi connectivity index (χ1v) is 10.1. The molecule has 7 heteroatoms. The van der Waals surface area contributed by atoms with Crippen LogP contribution in [0.4, 0.5) is 5.69 Å². The molecule has 3 rings (SSSR count). The lowest BCUT2D eigenvalue weighted by atomic mass is 9.99. The molecule has 158 valence electrons. The fourth-order valence-corrected chi connectivity index (χ4v) is 3.49. The molecule has 1 fully saturated rings. The van der Waals surface area contributed by atoms with E-state index in [0.717, 1.165) is 6.54 Å². The van der Waals surface area contributed by atoms with Crippen molar-refractivity contribution in [1.29, 1.82) is 0 Å². The average Bonchev–Trinajstić information content (AvgIpc) is 2.73. The van der Waals surface area contributed by atoms with Gasteiger partial charge in [-0.05, 0) is 25.5 Å². The third-order valence-corrected chi connectivity index (χ3v) is 4.87. The SMILES string of the molecule is CCOc1cc(OCC)c([N+](=O)[O-])cc1/C=C1\CN(Cc2ccccc2)CCC1=O. The molecular weight excluding hydrogens is 384 g/mol. The van der Waals surface area contributed by atoms with Crippen LogP contribution in [0, 0.1) is 10.1 Å². The molecule has 0 radical (unpaired) electrons. The predicted octanol–water partition coefficient (Wildman–Crippen LogP) is 4.25. The Morgan fingerprint density at radius 1 is 1.10 bits per heavy atom. The van der Waals surface area contributed by atoms with Crippen LogP contribution in [0.1, 0.15) is 31.4 Å². The number of carbonyl (C=O) groups is 1. The quantitative estimate of drug-likeness (QED) is 0.368. The van der Waals surface area contributed by atoms with Gasteiger partial charge < -0.3 is 9.47 Å². The van der Waals surface area contributed by atoms with Crippen LogP contribution in [0.3, 0.4) is 0 Å². The number of rotatable bonds is 8. The Morgan fingerprint density at radius 2 is 1.80 bits per heavy atom. The number of nitro groups is 1. The van der Waals surface area contributed by atoms with Gasteiger partial charge in [0.15, 0.2) is 5.78 Å². The maximum atomic E-state index is 12.6. The lowest BCUT2D eigenvalue weighted by molar-refractivity contribution is -0.385. The molecule has 0 unspecified atom stereocenters. The fraction of sp³-hybridized carbons (Fsp3) is 0.348. The molecule has 7 nitrogen and oxygen atoms in total. The van der Waals surface area contributed by atoms with Gasteiger partial charge in [-0.2, -0.15) is 0 Å². The van der Waals surface area contributed by atoms with Crippen molar-refractivity contribution in [3.05, 3.63) is 69.3 Å². The van der Waals surface area contributed by atoms with Gasteiger partial charge in [0.25, 0.3) is 0 Å². The summed E-state index contributed by atoms with van der Waals surface area (Å²) in [5, 5.41) is 11.5. The molecule has 0 N–H and O–H groups in total. The Morgan fingerprint density at radius 3 is 2.47 bits per heavy atom. The molecule has 0 atom stereocenters. The van der Waals surface area contributed by atoms with E-state index < -0.39 is 4.92 Å². The minimum absolute atomic E-state index is 0.0540. The molecule has 0 aliphatic carbocycles. The Kier molecular flexibility index (Phi) is 7.19. The van der Waals surface area contributed by atoms with Crippen LogP contribution in [0.15, 0.2) is 48.0 Å². The van der Waals surface area contributed by atoms with Crippen LogP contribution < -0.4 is 9.47 Å². The van der Waals surface area contributed by atoms with Gasteiger partial charge in [-0.25, -0.2) is 0 Å². The summed E-state index contributed by atoms with van der Waals surface area (Å²) in [5.74, 6) is 0.680. The summed E-state index contributed by atoms with van der Waals surface area (Å²) in [4.78, 5) is 25.8. The van der Waals surface area contributed by atoms with Crippen molar-refractivity contribution in [3.63, 3.8) is 0 Å². The number of Topliss-reactive ketones (excluding diaryl/α,β-unsaturated/α-hetero) is 1. The van der Waals surface area contributed by atoms with Crippen molar-refractivity contribution in [3.8, 4) is 11.5 Å². The van der Waals surface area contributed by atoms with Crippen molar-refractivity contribution >= 4 is 17.5 Å². The molecule has 1 aliphatic rings. The number of nitro benzene ring substituents is 1. The van der Waals surface area contributed by atoms with E-state index in [-0.39, 0.29) is 17.2 Å². The lowest BCUT2D eigenvalue weighted by Gasteiger charge is -2.28. The van der Waals surface area contributed by atoms with Crippen molar-refractivity contribution in [1.82, 2.24) is 4.90 Å². The van der Waals surface area contributed by atoms with Gasteiger partial charge in [-0.1, -0.05) is 30.3 Å². The minimum atomic E-state index is -0.479. The molecule has 2 aromatic rings. The lowest BCUT2D eigenvalue weighted by Crippen LogP contribution is -2.35. The number of piperidine rings is 1. The monoisotopic (exact) mass is 410 g/mol. The van der Waals surface area contributed by atoms with Gasteiger partial charge in [0.2, 0.25) is 5.75 Å². The number of benzene rings is 2. The predicted molar refractivity (Wildman–Crippen MR) is 115 cm³/mol. The second kappa shape index (κ2) is 10.0.